The molecule has 3 aromatic rings. The van der Waals surface area contributed by atoms with Crippen molar-refractivity contribution in [1.29, 1.82) is 0 Å². The van der Waals surface area contributed by atoms with Crippen LogP contribution in [0.2, 0.25) is 0 Å². The smallest absolute Gasteiger partial charge is 0.253 e. The summed E-state index contributed by atoms with van der Waals surface area (Å²) in [5, 5.41) is 10.7. The van der Waals surface area contributed by atoms with E-state index in [-0.39, 0.29) is 5.91 Å². The Morgan fingerprint density at radius 2 is 2.04 bits per heavy atom. The molecule has 0 spiro atoms. The molecule has 2 N–H and O–H groups in total. The summed E-state index contributed by atoms with van der Waals surface area (Å²) in [6.07, 6.45) is 1.70. The second-order valence-electron chi connectivity index (χ2n) is 5.30. The minimum Gasteiger partial charge on any atom is -0.486 e. The molecule has 1 aliphatic rings. The van der Waals surface area contributed by atoms with Crippen molar-refractivity contribution in [2.45, 2.75) is 6.54 Å². The van der Waals surface area contributed by atoms with E-state index < -0.39 is 0 Å². The highest BCUT2D eigenvalue weighted by atomic mass is 16.6. The van der Waals surface area contributed by atoms with E-state index in [1.54, 1.807) is 12.3 Å². The van der Waals surface area contributed by atoms with Crippen LogP contribution in [0, 0.1) is 0 Å². The maximum Gasteiger partial charge on any atom is 0.253 e. The number of H-pyrrole nitrogens is 1. The number of fused-ring (bicyclic) bond motifs is 2. The third-order valence-electron chi connectivity index (χ3n) is 3.78. The molecule has 23 heavy (non-hydrogen) atoms. The van der Waals surface area contributed by atoms with Crippen LogP contribution < -0.4 is 14.8 Å². The van der Waals surface area contributed by atoms with E-state index in [2.05, 4.69) is 15.5 Å². The van der Waals surface area contributed by atoms with Crippen molar-refractivity contribution < 1.29 is 14.3 Å². The van der Waals surface area contributed by atoms with Crippen LogP contribution in [0.15, 0.2) is 42.6 Å². The zero-order valence-corrected chi connectivity index (χ0v) is 12.3. The molecule has 6 heteroatoms. The van der Waals surface area contributed by atoms with Gasteiger partial charge in [0.1, 0.15) is 13.2 Å². The molecule has 0 saturated carbocycles. The molecule has 1 amide bonds. The molecule has 1 aliphatic heterocycles. The normalized spacial score (nSPS) is 13.0. The van der Waals surface area contributed by atoms with E-state index in [0.29, 0.717) is 25.3 Å². The first kappa shape index (κ1) is 13.6. The fourth-order valence-corrected chi connectivity index (χ4v) is 2.63. The molecule has 6 nitrogen and oxygen atoms in total. The molecule has 0 aliphatic carbocycles. The number of rotatable bonds is 3. The van der Waals surface area contributed by atoms with Crippen molar-refractivity contribution in [3.05, 3.63) is 53.7 Å². The predicted molar refractivity (Wildman–Crippen MR) is 84.7 cm³/mol. The van der Waals surface area contributed by atoms with Gasteiger partial charge in [0.2, 0.25) is 0 Å². The Hall–Kier alpha value is -3.02. The third-order valence-corrected chi connectivity index (χ3v) is 3.78. The van der Waals surface area contributed by atoms with Gasteiger partial charge in [-0.25, -0.2) is 0 Å². The minimum atomic E-state index is -0.144. The summed E-state index contributed by atoms with van der Waals surface area (Å²) >= 11 is 0. The van der Waals surface area contributed by atoms with Crippen molar-refractivity contribution in [3.63, 3.8) is 0 Å². The SMILES string of the molecule is O=C(NCc1ccc2c(c1)OCCO2)c1cccc2cn[nH]c12. The molecule has 0 unspecified atom stereocenters. The average Bonchev–Trinajstić information content (AvgIpc) is 3.08. The molecule has 116 valence electrons. The number of carbonyl (C=O) groups excluding carboxylic acids is 1. The van der Waals surface area contributed by atoms with Crippen molar-refractivity contribution in [2.24, 2.45) is 0 Å². The number of nitrogens with zero attached hydrogens (tertiary/aromatic N) is 1. The number of hydrogen-bond donors (Lipinski definition) is 2. The molecule has 2 aromatic carbocycles. The van der Waals surface area contributed by atoms with Gasteiger partial charge in [-0.1, -0.05) is 18.2 Å². The van der Waals surface area contributed by atoms with Gasteiger partial charge >= 0.3 is 0 Å². The van der Waals surface area contributed by atoms with Crippen molar-refractivity contribution in [3.8, 4) is 11.5 Å². The molecule has 0 atom stereocenters. The van der Waals surface area contributed by atoms with Crippen molar-refractivity contribution >= 4 is 16.8 Å². The van der Waals surface area contributed by atoms with Crippen LogP contribution in [0.3, 0.4) is 0 Å². The Labute approximate surface area is 132 Å². The number of ether oxygens (including phenoxy) is 2. The molecule has 2 heterocycles. The van der Waals surface area contributed by atoms with Gasteiger partial charge in [0, 0.05) is 11.9 Å². The summed E-state index contributed by atoms with van der Waals surface area (Å²) in [5.41, 5.74) is 2.28. The highest BCUT2D eigenvalue weighted by Gasteiger charge is 2.13. The molecule has 1 aromatic heterocycles. The van der Waals surface area contributed by atoms with Crippen LogP contribution in [-0.2, 0) is 6.54 Å². The summed E-state index contributed by atoms with van der Waals surface area (Å²) in [4.78, 5) is 12.4. The van der Waals surface area contributed by atoms with E-state index >= 15 is 0 Å². The predicted octanol–water partition coefficient (Wildman–Crippen LogP) is 2.26. The lowest BCUT2D eigenvalue weighted by Crippen LogP contribution is -2.23. The number of hydrogen-bond acceptors (Lipinski definition) is 4. The standard InChI is InChI=1S/C17H15N3O3/c21-17(13-3-1-2-12-10-19-20-16(12)13)18-9-11-4-5-14-15(8-11)23-7-6-22-14/h1-5,8,10H,6-7,9H2,(H,18,21)(H,19,20). The maximum atomic E-state index is 12.4. The number of carbonyl (C=O) groups is 1. The molecular formula is C17H15N3O3. The summed E-state index contributed by atoms with van der Waals surface area (Å²) in [7, 11) is 0. The third kappa shape index (κ3) is 2.59. The Morgan fingerprint density at radius 1 is 1.17 bits per heavy atom. The zero-order chi connectivity index (χ0) is 15.6. The first-order valence-corrected chi connectivity index (χ1v) is 7.40. The van der Waals surface area contributed by atoms with Gasteiger partial charge in [0.15, 0.2) is 11.5 Å². The van der Waals surface area contributed by atoms with E-state index in [9.17, 15) is 4.79 Å². The number of aromatic nitrogens is 2. The van der Waals surface area contributed by atoms with Crippen LogP contribution in [-0.4, -0.2) is 29.3 Å². The van der Waals surface area contributed by atoms with E-state index in [4.69, 9.17) is 9.47 Å². The van der Waals surface area contributed by atoms with Crippen LogP contribution in [0.5, 0.6) is 11.5 Å². The second-order valence-corrected chi connectivity index (χ2v) is 5.30. The molecular weight excluding hydrogens is 294 g/mol. The molecule has 0 fully saturated rings. The lowest BCUT2D eigenvalue weighted by molar-refractivity contribution is 0.0952. The Morgan fingerprint density at radius 3 is 2.96 bits per heavy atom. The van der Waals surface area contributed by atoms with E-state index in [1.807, 2.05) is 30.3 Å². The van der Waals surface area contributed by atoms with Gasteiger partial charge < -0.3 is 14.8 Å². The van der Waals surface area contributed by atoms with Gasteiger partial charge in [-0.3, -0.25) is 9.89 Å². The fourth-order valence-electron chi connectivity index (χ4n) is 2.63. The molecule has 0 bridgehead atoms. The monoisotopic (exact) mass is 309 g/mol. The number of nitrogens with one attached hydrogen (secondary N) is 2. The number of para-hydroxylation sites is 1. The highest BCUT2D eigenvalue weighted by molar-refractivity contribution is 6.05. The largest absolute Gasteiger partial charge is 0.486 e. The van der Waals surface area contributed by atoms with Gasteiger partial charge in [0.25, 0.3) is 5.91 Å². The fraction of sp³-hybridized carbons (Fsp3) is 0.176. The average molecular weight is 309 g/mol. The zero-order valence-electron chi connectivity index (χ0n) is 12.3. The number of amides is 1. The molecule has 4 rings (SSSR count). The quantitative estimate of drug-likeness (QED) is 0.778. The Kier molecular flexibility index (Phi) is 3.34. The van der Waals surface area contributed by atoms with Crippen molar-refractivity contribution in [1.82, 2.24) is 15.5 Å². The van der Waals surface area contributed by atoms with Gasteiger partial charge in [-0.05, 0) is 23.8 Å². The van der Waals surface area contributed by atoms with Crippen LogP contribution >= 0.6 is 0 Å². The summed E-state index contributed by atoms with van der Waals surface area (Å²) in [6.45, 7) is 1.53. The lowest BCUT2D eigenvalue weighted by Gasteiger charge is -2.19. The topological polar surface area (TPSA) is 76.2 Å². The van der Waals surface area contributed by atoms with Crippen LogP contribution in [0.1, 0.15) is 15.9 Å². The summed E-state index contributed by atoms with van der Waals surface area (Å²) in [5.74, 6) is 1.32. The maximum absolute atomic E-state index is 12.4. The number of benzene rings is 2. The van der Waals surface area contributed by atoms with Gasteiger partial charge in [-0.15, -0.1) is 0 Å². The highest BCUT2D eigenvalue weighted by Crippen LogP contribution is 2.30. The summed E-state index contributed by atoms with van der Waals surface area (Å²) < 4.78 is 11.0. The minimum absolute atomic E-state index is 0.144. The Balaban J connectivity index is 1.50. The van der Waals surface area contributed by atoms with Crippen molar-refractivity contribution in [2.75, 3.05) is 13.2 Å². The second kappa shape index (κ2) is 5.64. The van der Waals surface area contributed by atoms with Gasteiger partial charge in [0.05, 0.1) is 17.3 Å². The number of aromatic amines is 1. The van der Waals surface area contributed by atoms with Gasteiger partial charge in [-0.2, -0.15) is 5.10 Å². The molecule has 0 radical (unpaired) electrons. The first-order chi connectivity index (χ1) is 11.3. The lowest BCUT2D eigenvalue weighted by atomic mass is 10.1. The Bertz CT molecular complexity index is 872. The first-order valence-electron chi connectivity index (χ1n) is 7.40. The summed E-state index contributed by atoms with van der Waals surface area (Å²) in [6, 6.07) is 11.2. The van der Waals surface area contributed by atoms with E-state index in [1.165, 1.54) is 0 Å². The van der Waals surface area contributed by atoms with Crippen LogP contribution in [0.25, 0.3) is 10.9 Å². The van der Waals surface area contributed by atoms with Crippen LogP contribution in [0.4, 0.5) is 0 Å². The van der Waals surface area contributed by atoms with E-state index in [0.717, 1.165) is 28.0 Å². The molecule has 0 saturated heterocycles.